The third kappa shape index (κ3) is 3.51. The highest BCUT2D eigenvalue weighted by Crippen LogP contribution is 2.15. The molecule has 0 bridgehead atoms. The topological polar surface area (TPSA) is 55.9 Å². The highest BCUT2D eigenvalue weighted by atomic mass is 32.1. The molecule has 0 fully saturated rings. The van der Waals surface area contributed by atoms with Gasteiger partial charge in [0.25, 0.3) is 0 Å². The summed E-state index contributed by atoms with van der Waals surface area (Å²) in [5.41, 5.74) is 6.37. The van der Waals surface area contributed by atoms with Crippen LogP contribution in [0.5, 0.6) is 0 Å². The molecule has 3 N–H and O–H groups in total. The Morgan fingerprint density at radius 1 is 1.58 bits per heavy atom. The van der Waals surface area contributed by atoms with Gasteiger partial charge in [0.2, 0.25) is 0 Å². The van der Waals surface area contributed by atoms with Gasteiger partial charge in [-0.25, -0.2) is 4.39 Å². The maximum absolute atomic E-state index is 13.7. The van der Waals surface area contributed by atoms with E-state index in [9.17, 15) is 4.39 Å². The number of thiocarbonyl (C=S) groups is 1. The zero-order valence-electron chi connectivity index (χ0n) is 10.5. The van der Waals surface area contributed by atoms with Crippen LogP contribution in [0.15, 0.2) is 36.7 Å². The molecule has 1 heterocycles. The molecule has 6 heteroatoms. The molecule has 1 aromatic heterocycles. The Labute approximate surface area is 116 Å². The minimum absolute atomic E-state index is 0.0636. The van der Waals surface area contributed by atoms with E-state index in [-0.39, 0.29) is 16.6 Å². The van der Waals surface area contributed by atoms with Crippen LogP contribution in [0.25, 0.3) is 0 Å². The van der Waals surface area contributed by atoms with Crippen LogP contribution in [-0.2, 0) is 6.54 Å². The lowest BCUT2D eigenvalue weighted by atomic mass is 10.2. The van der Waals surface area contributed by atoms with Crippen LogP contribution in [0.4, 0.5) is 10.1 Å². The predicted octanol–water partition coefficient (Wildman–Crippen LogP) is 2.16. The molecule has 0 radical (unpaired) electrons. The molecule has 0 saturated heterocycles. The third-order valence-electron chi connectivity index (χ3n) is 2.67. The summed E-state index contributed by atoms with van der Waals surface area (Å²) < 4.78 is 15.5. The highest BCUT2D eigenvalue weighted by Gasteiger charge is 2.08. The molecular weight excluding hydrogens is 263 g/mol. The zero-order chi connectivity index (χ0) is 13.8. The van der Waals surface area contributed by atoms with E-state index < -0.39 is 5.82 Å². The number of nitrogens with zero attached hydrogens (tertiary/aromatic N) is 2. The van der Waals surface area contributed by atoms with Crippen LogP contribution in [-0.4, -0.2) is 20.8 Å². The van der Waals surface area contributed by atoms with Crippen LogP contribution in [0.2, 0.25) is 0 Å². The maximum atomic E-state index is 13.7. The summed E-state index contributed by atoms with van der Waals surface area (Å²) in [5.74, 6) is -0.413. The fourth-order valence-corrected chi connectivity index (χ4v) is 1.99. The van der Waals surface area contributed by atoms with Crippen molar-refractivity contribution in [1.29, 1.82) is 0 Å². The van der Waals surface area contributed by atoms with Gasteiger partial charge in [0.15, 0.2) is 0 Å². The van der Waals surface area contributed by atoms with Crippen LogP contribution in [0.3, 0.4) is 0 Å². The Morgan fingerprint density at radius 2 is 2.37 bits per heavy atom. The Bertz CT molecular complexity index is 568. The molecule has 2 rings (SSSR count). The maximum Gasteiger partial charge on any atom is 0.135 e. The van der Waals surface area contributed by atoms with Crippen molar-refractivity contribution in [3.05, 3.63) is 48.0 Å². The van der Waals surface area contributed by atoms with Crippen molar-refractivity contribution in [2.45, 2.75) is 19.5 Å². The first-order valence-electron chi connectivity index (χ1n) is 5.89. The number of aromatic nitrogens is 2. The summed E-state index contributed by atoms with van der Waals surface area (Å²) in [6, 6.07) is 6.73. The second-order valence-corrected chi connectivity index (χ2v) is 4.77. The average Bonchev–Trinajstić information content (AvgIpc) is 2.81. The van der Waals surface area contributed by atoms with Gasteiger partial charge in [-0.05, 0) is 31.2 Å². The number of nitrogens with two attached hydrogens (primary N) is 1. The van der Waals surface area contributed by atoms with E-state index in [2.05, 4.69) is 10.4 Å². The van der Waals surface area contributed by atoms with Gasteiger partial charge < -0.3 is 11.1 Å². The van der Waals surface area contributed by atoms with E-state index >= 15 is 0 Å². The molecule has 0 spiro atoms. The molecule has 1 unspecified atom stereocenters. The van der Waals surface area contributed by atoms with Gasteiger partial charge in [-0.3, -0.25) is 4.68 Å². The summed E-state index contributed by atoms with van der Waals surface area (Å²) in [6.45, 7) is 2.70. The van der Waals surface area contributed by atoms with E-state index in [4.69, 9.17) is 18.0 Å². The molecule has 0 amide bonds. The first kappa shape index (κ1) is 13.5. The van der Waals surface area contributed by atoms with Crippen LogP contribution in [0, 0.1) is 5.82 Å². The Morgan fingerprint density at radius 3 is 2.95 bits per heavy atom. The Hall–Kier alpha value is -1.95. The summed E-state index contributed by atoms with van der Waals surface area (Å²) in [5, 5.41) is 7.32. The number of benzene rings is 1. The van der Waals surface area contributed by atoms with E-state index in [0.717, 1.165) is 0 Å². The number of anilines is 1. The van der Waals surface area contributed by atoms with Crippen molar-refractivity contribution in [1.82, 2.24) is 9.78 Å². The monoisotopic (exact) mass is 278 g/mol. The van der Waals surface area contributed by atoms with Gasteiger partial charge in [-0.1, -0.05) is 12.2 Å². The predicted molar refractivity (Wildman–Crippen MR) is 77.6 cm³/mol. The second-order valence-electron chi connectivity index (χ2n) is 4.33. The number of halogens is 1. The van der Waals surface area contributed by atoms with E-state index in [1.54, 1.807) is 18.3 Å². The summed E-state index contributed by atoms with van der Waals surface area (Å²) in [6.07, 6.45) is 3.61. The normalized spacial score (nSPS) is 12.1. The van der Waals surface area contributed by atoms with Gasteiger partial charge in [-0.2, -0.15) is 5.10 Å². The molecule has 4 nitrogen and oxygen atoms in total. The SMILES string of the molecule is CC(Cn1cccn1)Nc1ccc(C(N)=S)c(F)c1. The lowest BCUT2D eigenvalue weighted by Crippen LogP contribution is -2.22. The fraction of sp³-hybridized carbons (Fsp3) is 0.231. The number of hydrogen-bond acceptors (Lipinski definition) is 3. The van der Waals surface area contributed by atoms with Crippen molar-refractivity contribution >= 4 is 22.9 Å². The average molecular weight is 278 g/mol. The summed E-state index contributed by atoms with van der Waals surface area (Å²) >= 11 is 4.76. The van der Waals surface area contributed by atoms with Gasteiger partial charge in [-0.15, -0.1) is 0 Å². The number of hydrogen-bond donors (Lipinski definition) is 2. The molecule has 2 aromatic rings. The summed E-state index contributed by atoms with van der Waals surface area (Å²) in [4.78, 5) is 0.0636. The van der Waals surface area contributed by atoms with Gasteiger partial charge >= 0.3 is 0 Å². The van der Waals surface area contributed by atoms with E-state index in [0.29, 0.717) is 12.2 Å². The molecular formula is C13H15FN4S. The standard InChI is InChI=1S/C13H15FN4S/c1-9(8-18-6-2-5-16-18)17-10-3-4-11(13(15)19)12(14)7-10/h2-7,9,17H,8H2,1H3,(H2,15,19). The Kier molecular flexibility index (Phi) is 4.11. The number of nitrogens with one attached hydrogen (secondary N) is 1. The fourth-order valence-electron chi connectivity index (χ4n) is 1.82. The van der Waals surface area contributed by atoms with Gasteiger partial charge in [0.1, 0.15) is 10.8 Å². The molecule has 1 atom stereocenters. The molecule has 100 valence electrons. The molecule has 19 heavy (non-hydrogen) atoms. The quantitative estimate of drug-likeness (QED) is 0.823. The largest absolute Gasteiger partial charge is 0.389 e. The Balaban J connectivity index is 2.03. The van der Waals surface area contributed by atoms with Crippen molar-refractivity contribution in [2.75, 3.05) is 5.32 Å². The van der Waals surface area contributed by atoms with Crippen molar-refractivity contribution in [2.24, 2.45) is 5.73 Å². The zero-order valence-corrected chi connectivity index (χ0v) is 11.3. The molecule has 0 saturated carbocycles. The summed E-state index contributed by atoms with van der Waals surface area (Å²) in [7, 11) is 0. The minimum atomic E-state index is -0.413. The van der Waals surface area contributed by atoms with Crippen molar-refractivity contribution in [3.8, 4) is 0 Å². The van der Waals surface area contributed by atoms with Gasteiger partial charge in [0.05, 0.1) is 6.54 Å². The highest BCUT2D eigenvalue weighted by molar-refractivity contribution is 7.80. The van der Waals surface area contributed by atoms with Crippen molar-refractivity contribution in [3.63, 3.8) is 0 Å². The van der Waals surface area contributed by atoms with E-state index in [1.807, 2.05) is 23.9 Å². The molecule has 0 aliphatic rings. The first-order valence-corrected chi connectivity index (χ1v) is 6.30. The van der Waals surface area contributed by atoms with Crippen LogP contribution < -0.4 is 11.1 Å². The lowest BCUT2D eigenvalue weighted by molar-refractivity contribution is 0.560. The minimum Gasteiger partial charge on any atom is -0.389 e. The van der Waals surface area contributed by atoms with Crippen LogP contribution in [0.1, 0.15) is 12.5 Å². The smallest absolute Gasteiger partial charge is 0.135 e. The van der Waals surface area contributed by atoms with Gasteiger partial charge in [0, 0.05) is 29.7 Å². The number of rotatable bonds is 5. The first-order chi connectivity index (χ1) is 9.06. The molecule has 1 aromatic carbocycles. The second kappa shape index (κ2) is 5.79. The molecule has 0 aliphatic heterocycles. The molecule has 0 aliphatic carbocycles. The lowest BCUT2D eigenvalue weighted by Gasteiger charge is -2.16. The third-order valence-corrected chi connectivity index (χ3v) is 2.89. The van der Waals surface area contributed by atoms with E-state index in [1.165, 1.54) is 6.07 Å². The van der Waals surface area contributed by atoms with Crippen molar-refractivity contribution < 1.29 is 4.39 Å². The van der Waals surface area contributed by atoms with Crippen LogP contribution >= 0.6 is 12.2 Å².